The lowest BCUT2D eigenvalue weighted by atomic mass is 10.1. The molecule has 2 rings (SSSR count). The number of ether oxygens (including phenoxy) is 1. The Morgan fingerprint density at radius 2 is 2.14 bits per heavy atom. The molecule has 13 heteroatoms. The summed E-state index contributed by atoms with van der Waals surface area (Å²) >= 11 is 0. The first-order valence-corrected chi connectivity index (χ1v) is 7.42. The summed E-state index contributed by atoms with van der Waals surface area (Å²) in [5.41, 5.74) is 1.41. The lowest BCUT2D eigenvalue weighted by molar-refractivity contribution is -0.107. The third-order valence-electron chi connectivity index (χ3n) is 3.04. The Morgan fingerprint density at radius 3 is 2.68 bits per heavy atom. The second-order valence-electron chi connectivity index (χ2n) is 4.66. The van der Waals surface area contributed by atoms with Crippen LogP contribution >= 0.6 is 7.82 Å². The van der Waals surface area contributed by atoms with E-state index < -0.39 is 49.8 Å². The van der Waals surface area contributed by atoms with Crippen LogP contribution in [0.5, 0.6) is 0 Å². The van der Waals surface area contributed by atoms with Crippen LogP contribution in [0.4, 0.5) is 0 Å². The first kappa shape index (κ1) is 17.0. The second kappa shape index (κ2) is 5.68. The molecule has 0 saturated carbocycles. The van der Waals surface area contributed by atoms with Gasteiger partial charge in [-0.3, -0.25) is 24.6 Å². The van der Waals surface area contributed by atoms with Crippen molar-refractivity contribution < 1.29 is 33.8 Å². The van der Waals surface area contributed by atoms with Crippen molar-refractivity contribution in [1.82, 2.24) is 9.55 Å². The Hall–Kier alpha value is -1.37. The van der Waals surface area contributed by atoms with Crippen molar-refractivity contribution in [2.45, 2.75) is 24.2 Å². The Bertz CT molecular complexity index is 707. The van der Waals surface area contributed by atoms with Crippen molar-refractivity contribution in [2.24, 2.45) is 5.73 Å². The van der Waals surface area contributed by atoms with Crippen molar-refractivity contribution in [1.29, 1.82) is 0 Å². The number of hydrogen-bond acceptors (Lipinski definition) is 8. The summed E-state index contributed by atoms with van der Waals surface area (Å²) in [6.07, 6.45) is -3.82. The Balaban J connectivity index is 2.28. The average molecular weight is 339 g/mol. The zero-order valence-electron chi connectivity index (χ0n) is 10.9. The number of H-pyrrole nitrogens is 1. The maximum absolute atomic E-state index is 11.7. The number of nitrogens with one attached hydrogen (secondary N) is 1. The summed E-state index contributed by atoms with van der Waals surface area (Å²) in [4.78, 5) is 41.8. The van der Waals surface area contributed by atoms with E-state index in [9.17, 15) is 24.4 Å². The topological polar surface area (TPSA) is 197 Å². The molecule has 0 unspecified atom stereocenters. The molecular weight excluding hydrogens is 325 g/mol. The predicted octanol–water partition coefficient (Wildman–Crippen LogP) is -3.45. The van der Waals surface area contributed by atoms with E-state index in [2.05, 4.69) is 4.52 Å². The Labute approximate surface area is 122 Å². The molecule has 1 aliphatic heterocycles. The first-order chi connectivity index (χ1) is 10.0. The number of aliphatic hydroxyl groups excluding tert-OH is 1. The van der Waals surface area contributed by atoms with E-state index in [1.165, 1.54) is 0 Å². The highest BCUT2D eigenvalue weighted by atomic mass is 31.2. The van der Waals surface area contributed by atoms with Gasteiger partial charge in [-0.25, -0.2) is 9.36 Å². The molecule has 4 atom stereocenters. The molecule has 7 N–H and O–H groups in total. The number of phosphoric ester groups is 1. The minimum atomic E-state index is -4.82. The maximum atomic E-state index is 11.7. The largest absolute Gasteiger partial charge is 0.469 e. The Morgan fingerprint density at radius 1 is 1.50 bits per heavy atom. The van der Waals surface area contributed by atoms with Crippen molar-refractivity contribution in [3.8, 4) is 0 Å². The molecule has 1 saturated heterocycles. The number of aromatic nitrogens is 2. The van der Waals surface area contributed by atoms with Gasteiger partial charge in [0.25, 0.3) is 5.56 Å². The number of hydrogen-bond donors (Lipinski definition) is 6. The summed E-state index contributed by atoms with van der Waals surface area (Å²) in [6.45, 7) is -0.778. The van der Waals surface area contributed by atoms with Crippen molar-refractivity contribution in [3.63, 3.8) is 0 Å². The van der Waals surface area contributed by atoms with Crippen LogP contribution in [0.15, 0.2) is 21.9 Å². The molecule has 22 heavy (non-hydrogen) atoms. The average Bonchev–Trinajstić information content (AvgIpc) is 2.59. The predicted molar refractivity (Wildman–Crippen MR) is 68.4 cm³/mol. The molecule has 0 aromatic carbocycles. The van der Waals surface area contributed by atoms with E-state index in [1.807, 2.05) is 4.98 Å². The first-order valence-electron chi connectivity index (χ1n) is 5.88. The minimum Gasteiger partial charge on any atom is -0.386 e. The van der Waals surface area contributed by atoms with E-state index in [1.54, 1.807) is 0 Å². The van der Waals surface area contributed by atoms with E-state index in [4.69, 9.17) is 20.3 Å². The fraction of sp³-hybridized carbons (Fsp3) is 0.556. The summed E-state index contributed by atoms with van der Waals surface area (Å²) in [5.74, 6) is 0. The van der Waals surface area contributed by atoms with E-state index in [0.717, 1.165) is 16.8 Å². The molecular formula is C9H14N3O9P. The zero-order chi connectivity index (χ0) is 16.7. The van der Waals surface area contributed by atoms with Gasteiger partial charge >= 0.3 is 13.5 Å². The van der Waals surface area contributed by atoms with Gasteiger partial charge in [0.2, 0.25) is 0 Å². The number of nitrogens with zero attached hydrogens (tertiary/aromatic N) is 1. The molecule has 1 aromatic heterocycles. The van der Waals surface area contributed by atoms with Crippen LogP contribution in [-0.2, 0) is 13.8 Å². The van der Waals surface area contributed by atoms with E-state index in [-0.39, 0.29) is 0 Å². The van der Waals surface area contributed by atoms with Crippen LogP contribution in [0.3, 0.4) is 0 Å². The lowest BCUT2D eigenvalue weighted by Gasteiger charge is -2.27. The van der Waals surface area contributed by atoms with Gasteiger partial charge in [-0.2, -0.15) is 0 Å². The highest BCUT2D eigenvalue weighted by Gasteiger charge is 2.54. The smallest absolute Gasteiger partial charge is 0.386 e. The van der Waals surface area contributed by atoms with Gasteiger partial charge in [0, 0.05) is 12.3 Å². The molecule has 2 heterocycles. The molecule has 1 fully saturated rings. The molecule has 124 valence electrons. The van der Waals surface area contributed by atoms with Crippen LogP contribution in [0.1, 0.15) is 6.23 Å². The third-order valence-corrected chi connectivity index (χ3v) is 3.52. The normalized spacial score (nSPS) is 32.3. The maximum Gasteiger partial charge on any atom is 0.469 e. The van der Waals surface area contributed by atoms with Gasteiger partial charge in [-0.15, -0.1) is 0 Å². The molecule has 0 bridgehead atoms. The summed E-state index contributed by atoms with van der Waals surface area (Å²) in [7, 11) is -4.82. The number of phosphoric acid groups is 1. The minimum absolute atomic E-state index is 0.693. The second-order valence-corrected chi connectivity index (χ2v) is 5.90. The van der Waals surface area contributed by atoms with Crippen LogP contribution in [0.2, 0.25) is 0 Å². The van der Waals surface area contributed by atoms with Crippen LogP contribution in [-0.4, -0.2) is 54.1 Å². The van der Waals surface area contributed by atoms with Gasteiger partial charge in [0.05, 0.1) is 6.61 Å². The van der Waals surface area contributed by atoms with Gasteiger partial charge in [0.1, 0.15) is 12.2 Å². The fourth-order valence-electron chi connectivity index (χ4n) is 1.99. The monoisotopic (exact) mass is 339 g/mol. The van der Waals surface area contributed by atoms with E-state index >= 15 is 0 Å². The van der Waals surface area contributed by atoms with Gasteiger partial charge in [-0.05, 0) is 0 Å². The number of nitrogens with two attached hydrogens (primary N) is 1. The van der Waals surface area contributed by atoms with Crippen molar-refractivity contribution >= 4 is 7.82 Å². The standard InChI is InChI=1S/C9H14N3O9P/c10-9(16)6(14)4(3-20-22(17,18)19)21-7(9)12-2-1-5(13)11-8(12)15/h1-2,4,6-7,14,16H,3,10H2,(H,11,13,15)(H2,17,18,19)/t4-,6-,7-,9-/m1/s1. The number of aliphatic hydroxyl groups is 2. The van der Waals surface area contributed by atoms with Crippen molar-refractivity contribution in [2.75, 3.05) is 6.61 Å². The van der Waals surface area contributed by atoms with Gasteiger partial charge in [0.15, 0.2) is 12.0 Å². The summed E-state index contributed by atoms with van der Waals surface area (Å²) in [5, 5.41) is 19.9. The third kappa shape index (κ3) is 3.34. The molecule has 12 nitrogen and oxygen atoms in total. The van der Waals surface area contributed by atoms with Gasteiger partial charge in [-0.1, -0.05) is 0 Å². The quantitative estimate of drug-likeness (QED) is 0.237. The summed E-state index contributed by atoms with van der Waals surface area (Å²) < 4.78 is 20.7. The van der Waals surface area contributed by atoms with Crippen LogP contribution in [0.25, 0.3) is 0 Å². The molecule has 1 aromatic rings. The molecule has 0 amide bonds. The SMILES string of the molecule is N[C@@]1(O)[C@H](O)[C@@H](COP(=O)(O)O)O[C@H]1n1ccc(=O)[nH]c1=O. The van der Waals surface area contributed by atoms with Crippen molar-refractivity contribution in [3.05, 3.63) is 33.1 Å². The zero-order valence-corrected chi connectivity index (χ0v) is 11.8. The number of rotatable bonds is 4. The lowest BCUT2D eigenvalue weighted by Crippen LogP contribution is -2.56. The van der Waals surface area contributed by atoms with E-state index in [0.29, 0.717) is 0 Å². The van der Waals surface area contributed by atoms with Gasteiger partial charge < -0.3 is 24.7 Å². The number of aromatic amines is 1. The molecule has 0 radical (unpaired) electrons. The summed E-state index contributed by atoms with van der Waals surface area (Å²) in [6, 6.07) is 0.965. The fourth-order valence-corrected chi connectivity index (χ4v) is 2.34. The van der Waals surface area contributed by atoms with Crippen LogP contribution in [0, 0.1) is 0 Å². The Kier molecular flexibility index (Phi) is 4.39. The highest BCUT2D eigenvalue weighted by molar-refractivity contribution is 7.46. The van der Waals surface area contributed by atoms with Crippen LogP contribution < -0.4 is 17.0 Å². The molecule has 0 spiro atoms. The highest BCUT2D eigenvalue weighted by Crippen LogP contribution is 2.39. The molecule has 1 aliphatic rings. The molecule has 0 aliphatic carbocycles.